The van der Waals surface area contributed by atoms with Gasteiger partial charge in [-0.1, -0.05) is 55.3 Å². The van der Waals surface area contributed by atoms with E-state index in [0.717, 1.165) is 36.8 Å². The van der Waals surface area contributed by atoms with Crippen LogP contribution in [0.25, 0.3) is 0 Å². The van der Waals surface area contributed by atoms with E-state index in [1.54, 1.807) is 12.1 Å². The molecule has 0 aromatic heterocycles. The molecule has 0 unspecified atom stereocenters. The molecule has 1 amide bonds. The molecule has 2 aromatic carbocycles. The lowest BCUT2D eigenvalue weighted by Gasteiger charge is -2.28. The first-order valence-electron chi connectivity index (χ1n) is 8.19. The molecule has 24 heavy (non-hydrogen) atoms. The number of benzene rings is 2. The molecule has 1 saturated carbocycles. The Labute approximate surface area is 140 Å². The summed E-state index contributed by atoms with van der Waals surface area (Å²) in [5, 5.41) is 13.9. The first kappa shape index (κ1) is 16.2. The number of non-ortho nitro benzene ring substituents is 1. The molecule has 1 aliphatic rings. The normalized spacial score (nSPS) is 15.8. The third-order valence-electron chi connectivity index (χ3n) is 4.82. The molecule has 0 bridgehead atoms. The SMILES string of the molecule is O=C(NCc1ccccc1)C1(c2ccc([N+](=O)[O-])cc2)CCCC1. The van der Waals surface area contributed by atoms with Gasteiger partial charge in [-0.2, -0.15) is 0 Å². The van der Waals surface area contributed by atoms with Crippen LogP contribution in [0.3, 0.4) is 0 Å². The van der Waals surface area contributed by atoms with Crippen LogP contribution in [0.2, 0.25) is 0 Å². The topological polar surface area (TPSA) is 72.2 Å². The highest BCUT2D eigenvalue weighted by molar-refractivity contribution is 5.88. The number of hydrogen-bond donors (Lipinski definition) is 1. The molecule has 1 fully saturated rings. The molecule has 0 atom stereocenters. The maximum atomic E-state index is 12.9. The van der Waals surface area contributed by atoms with E-state index in [0.29, 0.717) is 6.54 Å². The molecule has 2 aromatic rings. The van der Waals surface area contributed by atoms with Crippen molar-refractivity contribution in [3.05, 3.63) is 75.8 Å². The van der Waals surface area contributed by atoms with Gasteiger partial charge >= 0.3 is 0 Å². The Morgan fingerprint density at radius 3 is 2.25 bits per heavy atom. The summed E-state index contributed by atoms with van der Waals surface area (Å²) in [5.41, 5.74) is 1.42. The van der Waals surface area contributed by atoms with E-state index in [1.165, 1.54) is 12.1 Å². The molecule has 0 spiro atoms. The molecule has 1 N–H and O–H groups in total. The second kappa shape index (κ2) is 6.83. The minimum Gasteiger partial charge on any atom is -0.351 e. The molecule has 1 aliphatic carbocycles. The van der Waals surface area contributed by atoms with Crippen LogP contribution in [-0.2, 0) is 16.8 Å². The molecule has 124 valence electrons. The number of nitro benzene ring substituents is 1. The van der Waals surface area contributed by atoms with Gasteiger partial charge in [0.05, 0.1) is 10.3 Å². The largest absolute Gasteiger partial charge is 0.351 e. The van der Waals surface area contributed by atoms with Gasteiger partial charge in [-0.15, -0.1) is 0 Å². The van der Waals surface area contributed by atoms with E-state index in [4.69, 9.17) is 0 Å². The maximum Gasteiger partial charge on any atom is 0.269 e. The van der Waals surface area contributed by atoms with Gasteiger partial charge < -0.3 is 5.32 Å². The van der Waals surface area contributed by atoms with Gasteiger partial charge in [0.25, 0.3) is 5.69 Å². The van der Waals surface area contributed by atoms with Crippen molar-refractivity contribution in [2.45, 2.75) is 37.6 Å². The molecular formula is C19H20N2O3. The van der Waals surface area contributed by atoms with Crippen molar-refractivity contribution in [1.29, 1.82) is 0 Å². The Morgan fingerprint density at radius 1 is 1.04 bits per heavy atom. The zero-order chi connectivity index (χ0) is 17.0. The van der Waals surface area contributed by atoms with Crippen LogP contribution in [-0.4, -0.2) is 10.8 Å². The van der Waals surface area contributed by atoms with Gasteiger partial charge in [-0.3, -0.25) is 14.9 Å². The fraction of sp³-hybridized carbons (Fsp3) is 0.316. The van der Waals surface area contributed by atoms with Crippen molar-refractivity contribution < 1.29 is 9.72 Å². The van der Waals surface area contributed by atoms with Crippen molar-refractivity contribution in [2.24, 2.45) is 0 Å². The average molecular weight is 324 g/mol. The summed E-state index contributed by atoms with van der Waals surface area (Å²) < 4.78 is 0. The first-order chi connectivity index (χ1) is 11.6. The van der Waals surface area contributed by atoms with Crippen molar-refractivity contribution in [3.8, 4) is 0 Å². The highest BCUT2D eigenvalue weighted by Crippen LogP contribution is 2.41. The molecule has 5 nitrogen and oxygen atoms in total. The standard InChI is InChI=1S/C19H20N2O3/c22-18(20-14-15-6-2-1-3-7-15)19(12-4-5-13-19)16-8-10-17(11-9-16)21(23)24/h1-3,6-11H,4-5,12-14H2,(H,20,22). The van der Waals surface area contributed by atoms with E-state index < -0.39 is 10.3 Å². The molecule has 0 radical (unpaired) electrons. The average Bonchev–Trinajstić information content (AvgIpc) is 3.12. The summed E-state index contributed by atoms with van der Waals surface area (Å²) in [6.07, 6.45) is 3.56. The van der Waals surface area contributed by atoms with Crippen LogP contribution in [0, 0.1) is 10.1 Å². The van der Waals surface area contributed by atoms with E-state index >= 15 is 0 Å². The Hall–Kier alpha value is -2.69. The number of rotatable bonds is 5. The fourth-order valence-corrected chi connectivity index (χ4v) is 3.47. The van der Waals surface area contributed by atoms with Crippen molar-refractivity contribution in [3.63, 3.8) is 0 Å². The highest BCUT2D eigenvalue weighted by atomic mass is 16.6. The first-order valence-corrected chi connectivity index (χ1v) is 8.19. The predicted molar refractivity (Wildman–Crippen MR) is 91.5 cm³/mol. The molecule has 0 heterocycles. The van der Waals surface area contributed by atoms with Crippen LogP contribution >= 0.6 is 0 Å². The van der Waals surface area contributed by atoms with E-state index in [2.05, 4.69) is 5.32 Å². The van der Waals surface area contributed by atoms with Gasteiger partial charge in [0, 0.05) is 18.7 Å². The number of carbonyl (C=O) groups is 1. The molecule has 0 aliphatic heterocycles. The number of nitrogens with zero attached hydrogens (tertiary/aromatic N) is 1. The van der Waals surface area contributed by atoms with Gasteiger partial charge in [0.1, 0.15) is 0 Å². The Balaban J connectivity index is 1.79. The lowest BCUT2D eigenvalue weighted by molar-refractivity contribution is -0.384. The van der Waals surface area contributed by atoms with E-state index in [-0.39, 0.29) is 11.6 Å². The number of hydrogen-bond acceptors (Lipinski definition) is 3. The third kappa shape index (κ3) is 3.15. The minimum absolute atomic E-state index is 0.0118. The summed E-state index contributed by atoms with van der Waals surface area (Å²) >= 11 is 0. The smallest absolute Gasteiger partial charge is 0.269 e. The highest BCUT2D eigenvalue weighted by Gasteiger charge is 2.42. The predicted octanol–water partition coefficient (Wildman–Crippen LogP) is 3.72. The van der Waals surface area contributed by atoms with Gasteiger partial charge in [-0.25, -0.2) is 0 Å². The van der Waals surface area contributed by atoms with Crippen molar-refractivity contribution >= 4 is 11.6 Å². The van der Waals surface area contributed by atoms with Crippen LogP contribution < -0.4 is 5.32 Å². The fourth-order valence-electron chi connectivity index (χ4n) is 3.47. The Bertz CT molecular complexity index is 720. The molecule has 5 heteroatoms. The summed E-state index contributed by atoms with van der Waals surface area (Å²) in [5.74, 6) is 0.0118. The minimum atomic E-state index is -0.566. The van der Waals surface area contributed by atoms with Crippen LogP contribution in [0.5, 0.6) is 0 Å². The van der Waals surface area contributed by atoms with E-state index in [9.17, 15) is 14.9 Å². The summed E-state index contributed by atoms with van der Waals surface area (Å²) in [6.45, 7) is 0.494. The van der Waals surface area contributed by atoms with E-state index in [1.807, 2.05) is 30.3 Å². The van der Waals surface area contributed by atoms with Crippen LogP contribution in [0.15, 0.2) is 54.6 Å². The summed E-state index contributed by atoms with van der Waals surface area (Å²) in [4.78, 5) is 23.3. The Kier molecular flexibility index (Phi) is 4.60. The lowest BCUT2D eigenvalue weighted by atomic mass is 9.78. The maximum absolute atomic E-state index is 12.9. The van der Waals surface area contributed by atoms with Crippen LogP contribution in [0.4, 0.5) is 5.69 Å². The molecule has 0 saturated heterocycles. The summed E-state index contributed by atoms with van der Waals surface area (Å²) in [6, 6.07) is 16.2. The van der Waals surface area contributed by atoms with Gasteiger partial charge in [-0.05, 0) is 24.0 Å². The van der Waals surface area contributed by atoms with Gasteiger partial charge in [0.15, 0.2) is 0 Å². The molecule has 3 rings (SSSR count). The van der Waals surface area contributed by atoms with Gasteiger partial charge in [0.2, 0.25) is 5.91 Å². The quantitative estimate of drug-likeness (QED) is 0.673. The monoisotopic (exact) mass is 324 g/mol. The lowest BCUT2D eigenvalue weighted by Crippen LogP contribution is -2.42. The third-order valence-corrected chi connectivity index (χ3v) is 4.82. The Morgan fingerprint density at radius 2 is 1.67 bits per heavy atom. The van der Waals surface area contributed by atoms with Crippen LogP contribution in [0.1, 0.15) is 36.8 Å². The second-order valence-electron chi connectivity index (χ2n) is 6.26. The zero-order valence-corrected chi connectivity index (χ0v) is 13.4. The second-order valence-corrected chi connectivity index (χ2v) is 6.26. The zero-order valence-electron chi connectivity index (χ0n) is 13.4. The summed E-state index contributed by atoms with van der Waals surface area (Å²) in [7, 11) is 0. The van der Waals surface area contributed by atoms with Crippen molar-refractivity contribution in [1.82, 2.24) is 5.32 Å². The number of nitrogens with one attached hydrogen (secondary N) is 1. The molecular weight excluding hydrogens is 304 g/mol. The number of carbonyl (C=O) groups excluding carboxylic acids is 1. The van der Waals surface area contributed by atoms with Crippen molar-refractivity contribution in [2.75, 3.05) is 0 Å². The number of nitro groups is 1. The number of amides is 1.